The van der Waals surface area contributed by atoms with E-state index < -0.39 is 5.60 Å². The van der Waals surface area contributed by atoms with Crippen LogP contribution in [0.5, 0.6) is 0 Å². The minimum absolute atomic E-state index is 0.0113. The van der Waals surface area contributed by atoms with Gasteiger partial charge in [-0.05, 0) is 31.6 Å². The molecule has 2 aliphatic heterocycles. The standard InChI is InChI=1S/C16H26N2O3/c1-11(2)14(19)17-7-3-4-12(8-17)15(20)18-9-16(21,10-18)13-5-6-13/h11-13,21H,3-10H2,1-2H3. The minimum Gasteiger partial charge on any atom is -0.386 e. The summed E-state index contributed by atoms with van der Waals surface area (Å²) < 4.78 is 0. The molecule has 5 heteroatoms. The summed E-state index contributed by atoms with van der Waals surface area (Å²) in [5.41, 5.74) is -0.613. The first-order chi connectivity index (χ1) is 9.90. The highest BCUT2D eigenvalue weighted by Gasteiger charge is 2.54. The first-order valence-corrected chi connectivity index (χ1v) is 8.20. The lowest BCUT2D eigenvalue weighted by atomic mass is 9.86. The van der Waals surface area contributed by atoms with Gasteiger partial charge in [0, 0.05) is 19.0 Å². The van der Waals surface area contributed by atoms with E-state index >= 15 is 0 Å². The van der Waals surface area contributed by atoms with E-state index in [0.717, 1.165) is 32.2 Å². The van der Waals surface area contributed by atoms with Crippen molar-refractivity contribution in [2.45, 2.75) is 45.1 Å². The molecule has 2 amide bonds. The fraction of sp³-hybridized carbons (Fsp3) is 0.875. The van der Waals surface area contributed by atoms with Gasteiger partial charge in [0.25, 0.3) is 0 Å². The second-order valence-corrected chi connectivity index (χ2v) is 7.35. The van der Waals surface area contributed by atoms with Gasteiger partial charge >= 0.3 is 0 Å². The van der Waals surface area contributed by atoms with Crippen molar-refractivity contribution >= 4 is 11.8 Å². The summed E-state index contributed by atoms with van der Waals surface area (Å²) in [6.45, 7) is 6.11. The Bertz CT molecular complexity index is 439. The maximum atomic E-state index is 12.5. The number of amides is 2. The molecule has 5 nitrogen and oxygen atoms in total. The number of likely N-dealkylation sites (tertiary alicyclic amines) is 2. The number of β-amino-alcohol motifs (C(OH)–C–C–N with tert-alkyl or cyclic N) is 1. The Kier molecular flexibility index (Phi) is 3.72. The Hall–Kier alpha value is -1.10. The molecule has 1 unspecified atom stereocenters. The SMILES string of the molecule is CC(C)C(=O)N1CCCC(C(=O)N2CC(O)(C3CC3)C2)C1. The zero-order valence-corrected chi connectivity index (χ0v) is 13.0. The van der Waals surface area contributed by atoms with Gasteiger partial charge < -0.3 is 14.9 Å². The average Bonchev–Trinajstić information content (AvgIpc) is 3.27. The second-order valence-electron chi connectivity index (χ2n) is 7.35. The van der Waals surface area contributed by atoms with Crippen molar-refractivity contribution < 1.29 is 14.7 Å². The zero-order chi connectivity index (χ0) is 15.2. The molecule has 1 atom stereocenters. The normalized spacial score (nSPS) is 28.5. The fourth-order valence-electron chi connectivity index (χ4n) is 3.65. The Morgan fingerprint density at radius 2 is 1.81 bits per heavy atom. The van der Waals surface area contributed by atoms with Crippen molar-refractivity contribution in [3.05, 3.63) is 0 Å². The van der Waals surface area contributed by atoms with Crippen LogP contribution in [0, 0.1) is 17.8 Å². The van der Waals surface area contributed by atoms with E-state index in [4.69, 9.17) is 0 Å². The summed E-state index contributed by atoms with van der Waals surface area (Å²) in [4.78, 5) is 28.2. The average molecular weight is 294 g/mol. The first kappa shape index (κ1) is 14.8. The van der Waals surface area contributed by atoms with Crippen LogP contribution in [0.1, 0.15) is 39.5 Å². The summed E-state index contributed by atoms with van der Waals surface area (Å²) in [5, 5.41) is 10.3. The van der Waals surface area contributed by atoms with Gasteiger partial charge in [-0.3, -0.25) is 9.59 Å². The van der Waals surface area contributed by atoms with Gasteiger partial charge in [-0.2, -0.15) is 0 Å². The molecule has 0 bridgehead atoms. The first-order valence-electron chi connectivity index (χ1n) is 8.20. The number of nitrogens with zero attached hydrogens (tertiary/aromatic N) is 2. The lowest BCUT2D eigenvalue weighted by Crippen LogP contribution is -2.66. The van der Waals surface area contributed by atoms with E-state index in [0.29, 0.717) is 25.6 Å². The van der Waals surface area contributed by atoms with Crippen LogP contribution in [0.25, 0.3) is 0 Å². The van der Waals surface area contributed by atoms with Crippen LogP contribution in [-0.4, -0.2) is 58.5 Å². The maximum absolute atomic E-state index is 12.5. The van der Waals surface area contributed by atoms with Crippen LogP contribution < -0.4 is 0 Å². The molecule has 0 spiro atoms. The highest BCUT2D eigenvalue weighted by molar-refractivity contribution is 5.82. The van der Waals surface area contributed by atoms with Gasteiger partial charge in [-0.15, -0.1) is 0 Å². The van der Waals surface area contributed by atoms with Crippen molar-refractivity contribution in [3.8, 4) is 0 Å². The van der Waals surface area contributed by atoms with Crippen LogP contribution in [0.15, 0.2) is 0 Å². The lowest BCUT2D eigenvalue weighted by Gasteiger charge is -2.48. The molecule has 3 aliphatic rings. The summed E-state index contributed by atoms with van der Waals surface area (Å²) in [5.74, 6) is 0.590. The molecular weight excluding hydrogens is 268 g/mol. The fourth-order valence-corrected chi connectivity index (χ4v) is 3.65. The molecule has 3 rings (SSSR count). The smallest absolute Gasteiger partial charge is 0.227 e. The molecule has 0 aromatic rings. The van der Waals surface area contributed by atoms with E-state index in [1.165, 1.54) is 0 Å². The van der Waals surface area contributed by atoms with Gasteiger partial charge in [-0.25, -0.2) is 0 Å². The molecule has 118 valence electrons. The molecule has 0 aromatic carbocycles. The molecule has 2 saturated heterocycles. The van der Waals surface area contributed by atoms with Crippen molar-refractivity contribution in [1.29, 1.82) is 0 Å². The van der Waals surface area contributed by atoms with E-state index in [-0.39, 0.29) is 23.7 Å². The van der Waals surface area contributed by atoms with E-state index in [9.17, 15) is 14.7 Å². The maximum Gasteiger partial charge on any atom is 0.227 e. The van der Waals surface area contributed by atoms with Gasteiger partial charge in [-0.1, -0.05) is 13.8 Å². The molecule has 1 saturated carbocycles. The monoisotopic (exact) mass is 294 g/mol. The third-order valence-corrected chi connectivity index (χ3v) is 5.15. The van der Waals surface area contributed by atoms with E-state index in [1.54, 1.807) is 4.90 Å². The second kappa shape index (κ2) is 5.27. The van der Waals surface area contributed by atoms with Crippen LogP contribution in [0.3, 0.4) is 0 Å². The molecule has 3 fully saturated rings. The van der Waals surface area contributed by atoms with E-state index in [2.05, 4.69) is 0 Å². The van der Waals surface area contributed by atoms with Gasteiger partial charge in [0.2, 0.25) is 11.8 Å². The van der Waals surface area contributed by atoms with Gasteiger partial charge in [0.1, 0.15) is 5.60 Å². The molecule has 21 heavy (non-hydrogen) atoms. The molecule has 2 heterocycles. The van der Waals surface area contributed by atoms with Gasteiger partial charge in [0.05, 0.1) is 19.0 Å². The van der Waals surface area contributed by atoms with Crippen LogP contribution in [0.4, 0.5) is 0 Å². The molecular formula is C16H26N2O3. The minimum atomic E-state index is -0.613. The predicted molar refractivity (Wildman–Crippen MR) is 78.4 cm³/mol. The van der Waals surface area contributed by atoms with Crippen molar-refractivity contribution in [3.63, 3.8) is 0 Å². The number of rotatable bonds is 3. The number of piperidine rings is 1. The summed E-state index contributed by atoms with van der Waals surface area (Å²) in [6, 6.07) is 0. The Balaban J connectivity index is 1.54. The van der Waals surface area contributed by atoms with Crippen molar-refractivity contribution in [1.82, 2.24) is 9.80 Å². The van der Waals surface area contributed by atoms with Crippen molar-refractivity contribution in [2.75, 3.05) is 26.2 Å². The molecule has 0 radical (unpaired) electrons. The highest BCUT2D eigenvalue weighted by Crippen LogP contribution is 2.45. The number of aliphatic hydroxyl groups is 1. The summed E-state index contributed by atoms with van der Waals surface area (Å²) in [6.07, 6.45) is 3.95. The van der Waals surface area contributed by atoms with Crippen LogP contribution in [-0.2, 0) is 9.59 Å². The van der Waals surface area contributed by atoms with Crippen molar-refractivity contribution in [2.24, 2.45) is 17.8 Å². The topological polar surface area (TPSA) is 60.9 Å². The quantitative estimate of drug-likeness (QED) is 0.840. The molecule has 1 N–H and O–H groups in total. The third-order valence-electron chi connectivity index (χ3n) is 5.15. The summed E-state index contributed by atoms with van der Waals surface area (Å²) >= 11 is 0. The van der Waals surface area contributed by atoms with E-state index in [1.807, 2.05) is 18.7 Å². The number of hydrogen-bond acceptors (Lipinski definition) is 3. The highest BCUT2D eigenvalue weighted by atomic mass is 16.3. The van der Waals surface area contributed by atoms with Crippen LogP contribution >= 0.6 is 0 Å². The molecule has 1 aliphatic carbocycles. The number of hydrogen-bond donors (Lipinski definition) is 1. The summed E-state index contributed by atoms with van der Waals surface area (Å²) in [7, 11) is 0. The third kappa shape index (κ3) is 2.80. The van der Waals surface area contributed by atoms with Gasteiger partial charge in [0.15, 0.2) is 0 Å². The Labute approximate surface area is 126 Å². The Morgan fingerprint density at radius 1 is 1.14 bits per heavy atom. The predicted octanol–water partition coefficient (Wildman–Crippen LogP) is 0.864. The molecule has 0 aromatic heterocycles. The van der Waals surface area contributed by atoms with Crippen LogP contribution in [0.2, 0.25) is 0 Å². The largest absolute Gasteiger partial charge is 0.386 e. The zero-order valence-electron chi connectivity index (χ0n) is 13.0. The lowest BCUT2D eigenvalue weighted by molar-refractivity contribution is -0.165. The Morgan fingerprint density at radius 3 is 2.38 bits per heavy atom. The number of carbonyl (C=O) groups excluding carboxylic acids is 2. The number of carbonyl (C=O) groups is 2.